The fourth-order valence-electron chi connectivity index (χ4n) is 2.84. The van der Waals surface area contributed by atoms with Crippen LogP contribution in [0.3, 0.4) is 0 Å². The van der Waals surface area contributed by atoms with Gasteiger partial charge in [0.1, 0.15) is 5.75 Å². The van der Waals surface area contributed by atoms with Crippen molar-refractivity contribution in [2.24, 2.45) is 0 Å². The third kappa shape index (κ3) is 4.74. The first-order valence-corrected chi connectivity index (χ1v) is 8.37. The van der Waals surface area contributed by atoms with E-state index in [1.54, 1.807) is 6.92 Å². The van der Waals surface area contributed by atoms with Crippen LogP contribution in [0.5, 0.6) is 5.75 Å². The zero-order valence-corrected chi connectivity index (χ0v) is 14.6. The highest BCUT2D eigenvalue weighted by atomic mass is 19.4. The molecule has 154 valence electrons. The van der Waals surface area contributed by atoms with Crippen LogP contribution in [0.15, 0.2) is 24.3 Å². The predicted octanol–water partition coefficient (Wildman–Crippen LogP) is 6.45. The van der Waals surface area contributed by atoms with E-state index in [1.807, 2.05) is 0 Å². The van der Waals surface area contributed by atoms with Crippen molar-refractivity contribution in [2.75, 3.05) is 6.61 Å². The number of hydrogen-bond donors (Lipinski definition) is 0. The lowest BCUT2D eigenvalue weighted by Crippen LogP contribution is -2.21. The summed E-state index contributed by atoms with van der Waals surface area (Å²) in [6, 6.07) is 5.17. The molecule has 2 aromatic rings. The summed E-state index contributed by atoms with van der Waals surface area (Å²) in [5, 5.41) is 0. The molecule has 0 aliphatic carbocycles. The summed E-state index contributed by atoms with van der Waals surface area (Å²) in [5.41, 5.74) is -1.21. The molecule has 0 N–H and O–H groups in total. The van der Waals surface area contributed by atoms with E-state index < -0.39 is 66.0 Å². The molecule has 28 heavy (non-hydrogen) atoms. The van der Waals surface area contributed by atoms with Crippen molar-refractivity contribution in [1.29, 1.82) is 0 Å². The van der Waals surface area contributed by atoms with Crippen LogP contribution in [-0.4, -0.2) is 12.8 Å². The SMILES string of the molecule is CCOc1ccc(C(CCCc2c(F)c(F)c(F)c(F)c2F)C(F)(F)F)cc1. The Morgan fingerprint density at radius 2 is 1.32 bits per heavy atom. The quantitative estimate of drug-likeness (QED) is 0.289. The molecule has 0 amide bonds. The minimum absolute atomic E-state index is 0.0895. The summed E-state index contributed by atoms with van der Waals surface area (Å²) in [7, 11) is 0. The van der Waals surface area contributed by atoms with Gasteiger partial charge in [-0.15, -0.1) is 0 Å². The first kappa shape index (κ1) is 22.0. The molecule has 0 aromatic heterocycles. The normalized spacial score (nSPS) is 12.9. The first-order chi connectivity index (χ1) is 13.1. The Morgan fingerprint density at radius 1 is 0.821 bits per heavy atom. The molecule has 0 radical (unpaired) electrons. The summed E-state index contributed by atoms with van der Waals surface area (Å²) in [5.74, 6) is -12.2. The standard InChI is InChI=1S/C19H16F8O/c1-2-28-11-8-6-10(7-9-11)13(19(25,26)27)5-3-4-12-14(20)16(22)18(24)17(23)15(12)21/h6-9,13H,2-5H2,1H3. The molecule has 0 bridgehead atoms. The molecule has 0 heterocycles. The topological polar surface area (TPSA) is 9.23 Å². The molecule has 0 saturated heterocycles. The summed E-state index contributed by atoms with van der Waals surface area (Å²) in [6.07, 6.45) is -6.40. The average molecular weight is 412 g/mol. The third-order valence-corrected chi connectivity index (χ3v) is 4.21. The van der Waals surface area contributed by atoms with E-state index in [2.05, 4.69) is 0 Å². The van der Waals surface area contributed by atoms with Crippen molar-refractivity contribution in [3.05, 3.63) is 64.5 Å². The number of halogens is 8. The van der Waals surface area contributed by atoms with Crippen LogP contribution in [0.2, 0.25) is 0 Å². The van der Waals surface area contributed by atoms with Crippen molar-refractivity contribution in [2.45, 2.75) is 38.3 Å². The van der Waals surface area contributed by atoms with Crippen LogP contribution < -0.4 is 4.74 Å². The predicted molar refractivity (Wildman–Crippen MR) is 85.6 cm³/mol. The van der Waals surface area contributed by atoms with Crippen LogP contribution in [-0.2, 0) is 6.42 Å². The number of benzene rings is 2. The lowest BCUT2D eigenvalue weighted by molar-refractivity contribution is -0.152. The minimum Gasteiger partial charge on any atom is -0.494 e. The smallest absolute Gasteiger partial charge is 0.395 e. The Hall–Kier alpha value is -2.32. The molecule has 2 rings (SSSR count). The van der Waals surface area contributed by atoms with E-state index >= 15 is 0 Å². The van der Waals surface area contributed by atoms with E-state index in [1.165, 1.54) is 24.3 Å². The Kier molecular flexibility index (Phi) is 6.90. The fourth-order valence-corrected chi connectivity index (χ4v) is 2.84. The zero-order chi connectivity index (χ0) is 21.1. The van der Waals surface area contributed by atoms with Gasteiger partial charge in [-0.05, 0) is 43.9 Å². The summed E-state index contributed by atoms with van der Waals surface area (Å²) in [4.78, 5) is 0. The maximum Gasteiger partial charge on any atom is 0.395 e. The van der Waals surface area contributed by atoms with Crippen LogP contribution in [0.25, 0.3) is 0 Å². The van der Waals surface area contributed by atoms with E-state index in [0.717, 1.165) is 0 Å². The summed E-state index contributed by atoms with van der Waals surface area (Å²) < 4.78 is 112. The van der Waals surface area contributed by atoms with E-state index in [4.69, 9.17) is 4.74 Å². The largest absolute Gasteiger partial charge is 0.494 e. The van der Waals surface area contributed by atoms with Crippen LogP contribution in [0, 0.1) is 29.1 Å². The maximum absolute atomic E-state index is 13.6. The van der Waals surface area contributed by atoms with Gasteiger partial charge in [-0.25, -0.2) is 22.0 Å². The van der Waals surface area contributed by atoms with Gasteiger partial charge in [0.25, 0.3) is 0 Å². The van der Waals surface area contributed by atoms with Crippen molar-refractivity contribution in [1.82, 2.24) is 0 Å². The van der Waals surface area contributed by atoms with Crippen molar-refractivity contribution in [3.63, 3.8) is 0 Å². The lowest BCUT2D eigenvalue weighted by Gasteiger charge is -2.21. The molecular formula is C19H16F8O. The summed E-state index contributed by atoms with van der Waals surface area (Å²) >= 11 is 0. The highest BCUT2D eigenvalue weighted by Gasteiger charge is 2.40. The van der Waals surface area contributed by atoms with Crippen molar-refractivity contribution in [3.8, 4) is 5.75 Å². The summed E-state index contributed by atoms with van der Waals surface area (Å²) in [6.45, 7) is 2.05. The molecule has 2 aromatic carbocycles. The van der Waals surface area contributed by atoms with E-state index in [0.29, 0.717) is 12.4 Å². The lowest BCUT2D eigenvalue weighted by atomic mass is 9.91. The second kappa shape index (κ2) is 8.79. The molecule has 1 atom stereocenters. The molecular weight excluding hydrogens is 396 g/mol. The van der Waals surface area contributed by atoms with Gasteiger partial charge in [0.15, 0.2) is 23.3 Å². The van der Waals surface area contributed by atoms with Gasteiger partial charge in [0.2, 0.25) is 5.82 Å². The Labute approximate surface area is 155 Å². The van der Waals surface area contributed by atoms with Crippen molar-refractivity contribution >= 4 is 0 Å². The van der Waals surface area contributed by atoms with Gasteiger partial charge >= 0.3 is 6.18 Å². The molecule has 0 spiro atoms. The van der Waals surface area contributed by atoms with Crippen LogP contribution in [0.4, 0.5) is 35.1 Å². The molecule has 0 saturated carbocycles. The number of hydrogen-bond acceptors (Lipinski definition) is 1. The van der Waals surface area contributed by atoms with Gasteiger partial charge in [0.05, 0.1) is 12.5 Å². The van der Waals surface area contributed by atoms with Gasteiger partial charge in [-0.2, -0.15) is 13.2 Å². The molecule has 0 aliphatic rings. The monoisotopic (exact) mass is 412 g/mol. The number of rotatable bonds is 7. The Bertz CT molecular complexity index is 785. The molecule has 1 nitrogen and oxygen atoms in total. The van der Waals surface area contributed by atoms with E-state index in [-0.39, 0.29) is 5.56 Å². The fraction of sp³-hybridized carbons (Fsp3) is 0.368. The maximum atomic E-state index is 13.6. The Balaban J connectivity index is 2.18. The van der Waals surface area contributed by atoms with E-state index in [9.17, 15) is 35.1 Å². The molecule has 9 heteroatoms. The Morgan fingerprint density at radius 3 is 1.79 bits per heavy atom. The average Bonchev–Trinajstić information content (AvgIpc) is 2.64. The second-order valence-corrected chi connectivity index (χ2v) is 6.04. The van der Waals surface area contributed by atoms with Crippen molar-refractivity contribution < 1.29 is 39.9 Å². The van der Waals surface area contributed by atoms with Gasteiger partial charge < -0.3 is 4.74 Å². The molecule has 1 unspecified atom stereocenters. The van der Waals surface area contributed by atoms with Crippen LogP contribution in [0.1, 0.15) is 36.8 Å². The first-order valence-electron chi connectivity index (χ1n) is 8.37. The second-order valence-electron chi connectivity index (χ2n) is 6.04. The minimum atomic E-state index is -4.65. The van der Waals surface area contributed by atoms with Gasteiger partial charge in [-0.1, -0.05) is 12.1 Å². The molecule has 0 fully saturated rings. The molecule has 0 aliphatic heterocycles. The van der Waals surface area contributed by atoms with Gasteiger partial charge in [-0.3, -0.25) is 0 Å². The number of ether oxygens (including phenoxy) is 1. The highest BCUT2D eigenvalue weighted by Crippen LogP contribution is 2.39. The number of alkyl halides is 3. The highest BCUT2D eigenvalue weighted by molar-refractivity contribution is 5.30. The van der Waals surface area contributed by atoms with Gasteiger partial charge in [0, 0.05) is 5.56 Å². The zero-order valence-electron chi connectivity index (χ0n) is 14.6. The third-order valence-electron chi connectivity index (χ3n) is 4.21. The van der Waals surface area contributed by atoms with Crippen LogP contribution >= 0.6 is 0 Å².